The summed E-state index contributed by atoms with van der Waals surface area (Å²) in [7, 11) is 3.04. The number of hydrogen-bond acceptors (Lipinski definition) is 5. The zero-order valence-corrected chi connectivity index (χ0v) is 17.7. The smallest absolute Gasteiger partial charge is 0.472 e. The third kappa shape index (κ3) is 3.49. The summed E-state index contributed by atoms with van der Waals surface area (Å²) in [6.07, 6.45) is -3.77. The third-order valence-electron chi connectivity index (χ3n) is 5.70. The minimum Gasteiger partial charge on any atom is -0.493 e. The van der Waals surface area contributed by atoms with Crippen molar-refractivity contribution < 1.29 is 36.9 Å². The standard InChI is InChI=1S/C24H18F3NO5/c1-30-19-9-16-13(7-15-4-3-5-28(15)23(29)24(25,26)27)6-14-8-21-22(33-12-32-21)10-17(14)18(16)11-20(19)31-2/h3-6,8-11H,7,12H2,1-2H3. The number of benzene rings is 3. The molecule has 1 aliphatic rings. The Hall–Kier alpha value is -3.88. The van der Waals surface area contributed by atoms with Gasteiger partial charge in [-0.25, -0.2) is 0 Å². The summed E-state index contributed by atoms with van der Waals surface area (Å²) in [5.74, 6) is 0.250. The number of rotatable bonds is 4. The van der Waals surface area contributed by atoms with Gasteiger partial charge in [-0.05, 0) is 69.6 Å². The van der Waals surface area contributed by atoms with Gasteiger partial charge in [0.05, 0.1) is 14.2 Å². The summed E-state index contributed by atoms with van der Waals surface area (Å²) >= 11 is 0. The Morgan fingerprint density at radius 1 is 0.970 bits per heavy atom. The molecule has 0 spiro atoms. The molecule has 0 unspecified atom stereocenters. The highest BCUT2D eigenvalue weighted by atomic mass is 19.4. The molecule has 3 aromatic carbocycles. The molecular weight excluding hydrogens is 439 g/mol. The maximum atomic E-state index is 13.1. The maximum Gasteiger partial charge on any atom is 0.472 e. The predicted molar refractivity (Wildman–Crippen MR) is 115 cm³/mol. The Bertz CT molecular complexity index is 1410. The molecule has 0 N–H and O–H groups in total. The Morgan fingerprint density at radius 2 is 1.64 bits per heavy atom. The van der Waals surface area contributed by atoms with Gasteiger partial charge in [-0.2, -0.15) is 13.2 Å². The van der Waals surface area contributed by atoms with Crippen molar-refractivity contribution in [3.63, 3.8) is 0 Å². The van der Waals surface area contributed by atoms with Crippen LogP contribution < -0.4 is 18.9 Å². The van der Waals surface area contributed by atoms with Crippen LogP contribution in [-0.4, -0.2) is 37.7 Å². The minimum absolute atomic E-state index is 0.0885. The lowest BCUT2D eigenvalue weighted by molar-refractivity contribution is -0.0947. The molecule has 2 heterocycles. The topological polar surface area (TPSA) is 58.9 Å². The van der Waals surface area contributed by atoms with Crippen molar-refractivity contribution in [3.8, 4) is 23.0 Å². The predicted octanol–water partition coefficient (Wildman–Crippen LogP) is 5.33. The quantitative estimate of drug-likeness (QED) is 0.388. The Balaban J connectivity index is 1.74. The average Bonchev–Trinajstić information content (AvgIpc) is 3.44. The number of methoxy groups -OCH3 is 2. The van der Waals surface area contributed by atoms with Crippen LogP contribution in [0.15, 0.2) is 48.7 Å². The molecule has 9 heteroatoms. The first kappa shape index (κ1) is 21.0. The first-order chi connectivity index (χ1) is 15.8. The fourth-order valence-corrected chi connectivity index (χ4v) is 4.18. The van der Waals surface area contributed by atoms with Gasteiger partial charge in [0.2, 0.25) is 6.79 Å². The van der Waals surface area contributed by atoms with E-state index in [1.807, 2.05) is 24.3 Å². The minimum atomic E-state index is -4.98. The van der Waals surface area contributed by atoms with Crippen LogP contribution in [-0.2, 0) is 6.42 Å². The number of aromatic nitrogens is 1. The van der Waals surface area contributed by atoms with Crippen LogP contribution in [0.4, 0.5) is 13.2 Å². The molecule has 0 bridgehead atoms. The highest BCUT2D eigenvalue weighted by molar-refractivity contribution is 6.11. The lowest BCUT2D eigenvalue weighted by atomic mass is 9.94. The molecule has 1 aromatic heterocycles. The highest BCUT2D eigenvalue weighted by Crippen LogP contribution is 2.43. The van der Waals surface area contributed by atoms with Crippen molar-refractivity contribution in [1.82, 2.24) is 4.57 Å². The van der Waals surface area contributed by atoms with Gasteiger partial charge < -0.3 is 18.9 Å². The molecular formula is C24H18F3NO5. The second kappa shape index (κ2) is 7.61. The van der Waals surface area contributed by atoms with E-state index in [2.05, 4.69) is 0 Å². The summed E-state index contributed by atoms with van der Waals surface area (Å²) in [4.78, 5) is 11.9. The molecule has 0 radical (unpaired) electrons. The number of carbonyl (C=O) groups is 1. The van der Waals surface area contributed by atoms with Gasteiger partial charge in [-0.1, -0.05) is 0 Å². The van der Waals surface area contributed by atoms with Gasteiger partial charge in [0.1, 0.15) is 0 Å². The van der Waals surface area contributed by atoms with Crippen LogP contribution in [0, 0.1) is 0 Å². The summed E-state index contributed by atoms with van der Waals surface area (Å²) in [6.45, 7) is 0.112. The molecule has 170 valence electrons. The van der Waals surface area contributed by atoms with Crippen LogP contribution in [0.5, 0.6) is 23.0 Å². The molecule has 4 aromatic rings. The zero-order valence-electron chi connectivity index (χ0n) is 17.7. The largest absolute Gasteiger partial charge is 0.493 e. The van der Waals surface area contributed by atoms with E-state index >= 15 is 0 Å². The van der Waals surface area contributed by atoms with E-state index in [-0.39, 0.29) is 18.9 Å². The molecule has 0 amide bonds. The molecule has 0 saturated carbocycles. The molecule has 33 heavy (non-hydrogen) atoms. The van der Waals surface area contributed by atoms with E-state index in [0.717, 1.165) is 27.7 Å². The van der Waals surface area contributed by atoms with Gasteiger partial charge >= 0.3 is 12.1 Å². The number of ether oxygens (including phenoxy) is 4. The first-order valence-corrected chi connectivity index (χ1v) is 9.99. The summed E-state index contributed by atoms with van der Waals surface area (Å²) in [5, 5.41) is 3.24. The van der Waals surface area contributed by atoms with Crippen molar-refractivity contribution in [2.24, 2.45) is 0 Å². The van der Waals surface area contributed by atoms with E-state index in [0.29, 0.717) is 33.1 Å². The Morgan fingerprint density at radius 3 is 2.30 bits per heavy atom. The number of hydrogen-bond donors (Lipinski definition) is 0. The van der Waals surface area contributed by atoms with Crippen LogP contribution in [0.3, 0.4) is 0 Å². The van der Waals surface area contributed by atoms with Crippen LogP contribution in [0.1, 0.15) is 16.1 Å². The Labute approximate surface area is 186 Å². The highest BCUT2D eigenvalue weighted by Gasteiger charge is 2.40. The molecule has 0 fully saturated rings. The van der Waals surface area contributed by atoms with Crippen molar-refractivity contribution in [1.29, 1.82) is 0 Å². The van der Waals surface area contributed by atoms with Gasteiger partial charge in [0.25, 0.3) is 0 Å². The fourth-order valence-electron chi connectivity index (χ4n) is 4.18. The normalized spacial score (nSPS) is 13.0. The zero-order chi connectivity index (χ0) is 23.3. The fraction of sp³-hybridized carbons (Fsp3) is 0.208. The lowest BCUT2D eigenvalue weighted by Crippen LogP contribution is -2.29. The van der Waals surface area contributed by atoms with Crippen LogP contribution in [0.25, 0.3) is 21.5 Å². The van der Waals surface area contributed by atoms with E-state index in [4.69, 9.17) is 18.9 Å². The number of alkyl halides is 3. The molecule has 0 aliphatic carbocycles. The molecule has 0 atom stereocenters. The average molecular weight is 457 g/mol. The van der Waals surface area contributed by atoms with Crippen LogP contribution >= 0.6 is 0 Å². The van der Waals surface area contributed by atoms with E-state index in [1.165, 1.54) is 26.4 Å². The van der Waals surface area contributed by atoms with Gasteiger partial charge in [0, 0.05) is 18.3 Å². The summed E-state index contributed by atoms with van der Waals surface area (Å²) < 4.78 is 61.8. The van der Waals surface area contributed by atoms with Crippen molar-refractivity contribution in [3.05, 3.63) is 59.9 Å². The third-order valence-corrected chi connectivity index (χ3v) is 5.70. The van der Waals surface area contributed by atoms with E-state index in [1.54, 1.807) is 6.07 Å². The van der Waals surface area contributed by atoms with Crippen molar-refractivity contribution in [2.45, 2.75) is 12.6 Å². The number of carbonyl (C=O) groups excluding carboxylic acids is 1. The SMILES string of the molecule is COc1cc2c(Cc3cccn3C(=O)C(F)(F)F)cc3cc4c(cc3c2cc1OC)OCO4. The van der Waals surface area contributed by atoms with E-state index in [9.17, 15) is 18.0 Å². The maximum absolute atomic E-state index is 13.1. The lowest BCUT2D eigenvalue weighted by Gasteiger charge is -2.16. The molecule has 6 nitrogen and oxygen atoms in total. The van der Waals surface area contributed by atoms with Gasteiger partial charge in [-0.3, -0.25) is 9.36 Å². The van der Waals surface area contributed by atoms with Crippen LogP contribution in [0.2, 0.25) is 0 Å². The Kier molecular flexibility index (Phi) is 4.84. The van der Waals surface area contributed by atoms with E-state index < -0.39 is 12.1 Å². The first-order valence-electron chi connectivity index (χ1n) is 9.99. The molecule has 0 saturated heterocycles. The van der Waals surface area contributed by atoms with Gasteiger partial charge in [-0.15, -0.1) is 0 Å². The van der Waals surface area contributed by atoms with Crippen molar-refractivity contribution in [2.75, 3.05) is 21.0 Å². The summed E-state index contributed by atoms with van der Waals surface area (Å²) in [6, 6.07) is 12.1. The van der Waals surface area contributed by atoms with Gasteiger partial charge in [0.15, 0.2) is 23.0 Å². The molecule has 5 rings (SSSR count). The summed E-state index contributed by atoms with van der Waals surface area (Å²) in [5.41, 5.74) is 0.931. The van der Waals surface area contributed by atoms with Crippen molar-refractivity contribution >= 4 is 27.5 Å². The number of fused-ring (bicyclic) bond motifs is 4. The number of nitrogens with zero attached hydrogens (tertiary/aromatic N) is 1. The number of halogens is 3. The molecule has 1 aliphatic heterocycles. The second-order valence-corrected chi connectivity index (χ2v) is 7.56. The second-order valence-electron chi connectivity index (χ2n) is 7.56. The monoisotopic (exact) mass is 457 g/mol.